The fraction of sp³-hybridized carbons (Fsp3) is 0.455. The highest BCUT2D eigenvalue weighted by atomic mass is 19.1. The van der Waals surface area contributed by atoms with Crippen LogP contribution in [0.4, 0.5) is 4.39 Å². The minimum absolute atomic E-state index is 0.273. The second kappa shape index (κ2) is 5.08. The van der Waals surface area contributed by atoms with Crippen LogP contribution in [-0.4, -0.2) is 18.8 Å². The zero-order valence-corrected chi connectivity index (χ0v) is 8.46. The number of benzene rings is 1. The molecule has 0 amide bonds. The molecule has 0 saturated carbocycles. The average molecular weight is 198 g/mol. The molecule has 0 aliphatic heterocycles. The fourth-order valence-corrected chi connectivity index (χ4v) is 1.40. The maximum Gasteiger partial charge on any atom is 0.123 e. The lowest BCUT2D eigenvalue weighted by atomic mass is 10.0. The van der Waals surface area contributed by atoms with E-state index in [0.717, 1.165) is 11.1 Å². The third kappa shape index (κ3) is 2.79. The van der Waals surface area contributed by atoms with Gasteiger partial charge < -0.3 is 9.84 Å². The first-order valence-electron chi connectivity index (χ1n) is 4.58. The molecule has 78 valence electrons. The van der Waals surface area contributed by atoms with Crippen molar-refractivity contribution in [1.29, 1.82) is 0 Å². The Morgan fingerprint density at radius 3 is 2.79 bits per heavy atom. The highest BCUT2D eigenvalue weighted by molar-refractivity contribution is 5.28. The van der Waals surface area contributed by atoms with Gasteiger partial charge in [-0.05, 0) is 30.2 Å². The number of rotatable bonds is 4. The van der Waals surface area contributed by atoms with Crippen molar-refractivity contribution >= 4 is 0 Å². The first kappa shape index (κ1) is 11.1. The van der Waals surface area contributed by atoms with E-state index in [-0.39, 0.29) is 5.82 Å². The zero-order chi connectivity index (χ0) is 10.6. The van der Waals surface area contributed by atoms with Crippen LogP contribution in [0.3, 0.4) is 0 Å². The number of methoxy groups -OCH3 is 1. The van der Waals surface area contributed by atoms with Gasteiger partial charge in [0.2, 0.25) is 0 Å². The molecule has 1 aromatic carbocycles. The topological polar surface area (TPSA) is 29.5 Å². The van der Waals surface area contributed by atoms with Gasteiger partial charge in [0.05, 0.1) is 6.10 Å². The summed E-state index contributed by atoms with van der Waals surface area (Å²) in [6, 6.07) is 4.40. The monoisotopic (exact) mass is 198 g/mol. The van der Waals surface area contributed by atoms with Crippen molar-refractivity contribution in [3.05, 3.63) is 35.1 Å². The number of aryl methyl sites for hydroxylation is 1. The van der Waals surface area contributed by atoms with Crippen LogP contribution >= 0.6 is 0 Å². The van der Waals surface area contributed by atoms with Crippen molar-refractivity contribution in [3.63, 3.8) is 0 Å². The van der Waals surface area contributed by atoms with Gasteiger partial charge in [0.1, 0.15) is 5.82 Å². The van der Waals surface area contributed by atoms with E-state index in [1.54, 1.807) is 20.1 Å². The number of ether oxygens (including phenoxy) is 1. The molecular formula is C11H15FO2. The minimum atomic E-state index is -0.574. The summed E-state index contributed by atoms with van der Waals surface area (Å²) in [5.41, 5.74) is 1.54. The van der Waals surface area contributed by atoms with Crippen molar-refractivity contribution in [2.75, 3.05) is 13.7 Å². The van der Waals surface area contributed by atoms with E-state index in [4.69, 9.17) is 4.74 Å². The molecule has 0 heterocycles. The summed E-state index contributed by atoms with van der Waals surface area (Å²) in [7, 11) is 1.59. The lowest BCUT2D eigenvalue weighted by Crippen LogP contribution is -2.03. The number of aliphatic hydroxyl groups is 1. The summed E-state index contributed by atoms with van der Waals surface area (Å²) in [6.45, 7) is 2.28. The standard InChI is InChI=1S/C11H15FO2/c1-8-7-9(12)3-4-10(8)11(13)5-6-14-2/h3-4,7,11,13H,5-6H2,1-2H3. The summed E-state index contributed by atoms with van der Waals surface area (Å²) in [5.74, 6) is -0.273. The third-order valence-corrected chi connectivity index (χ3v) is 2.19. The molecular weight excluding hydrogens is 183 g/mol. The van der Waals surface area contributed by atoms with E-state index < -0.39 is 6.10 Å². The first-order chi connectivity index (χ1) is 6.65. The molecule has 1 aromatic rings. The molecule has 2 nitrogen and oxygen atoms in total. The maximum absolute atomic E-state index is 12.8. The molecule has 0 radical (unpaired) electrons. The van der Waals surface area contributed by atoms with Gasteiger partial charge >= 0.3 is 0 Å². The van der Waals surface area contributed by atoms with E-state index >= 15 is 0 Å². The van der Waals surface area contributed by atoms with E-state index in [0.29, 0.717) is 13.0 Å². The summed E-state index contributed by atoms with van der Waals surface area (Å²) < 4.78 is 17.6. The van der Waals surface area contributed by atoms with Crippen LogP contribution in [0.25, 0.3) is 0 Å². The van der Waals surface area contributed by atoms with Crippen LogP contribution in [0.2, 0.25) is 0 Å². The highest BCUT2D eigenvalue weighted by Crippen LogP contribution is 2.21. The molecule has 0 aliphatic carbocycles. The van der Waals surface area contributed by atoms with Gasteiger partial charge in [0.15, 0.2) is 0 Å². The van der Waals surface area contributed by atoms with Crippen molar-refractivity contribution in [2.24, 2.45) is 0 Å². The lowest BCUT2D eigenvalue weighted by Gasteiger charge is -2.12. The Bertz CT molecular complexity index is 299. The molecule has 0 aliphatic rings. The Labute approximate surface area is 83.3 Å². The summed E-state index contributed by atoms with van der Waals surface area (Å²) in [6.07, 6.45) is -0.0428. The van der Waals surface area contributed by atoms with Gasteiger partial charge in [-0.2, -0.15) is 0 Å². The number of halogens is 1. The minimum Gasteiger partial charge on any atom is -0.388 e. The Balaban J connectivity index is 2.74. The number of hydrogen-bond donors (Lipinski definition) is 1. The zero-order valence-electron chi connectivity index (χ0n) is 8.46. The normalized spacial score (nSPS) is 12.9. The van der Waals surface area contributed by atoms with Gasteiger partial charge in [-0.15, -0.1) is 0 Å². The molecule has 0 bridgehead atoms. The molecule has 1 N–H and O–H groups in total. The van der Waals surface area contributed by atoms with Crippen molar-refractivity contribution < 1.29 is 14.2 Å². The Morgan fingerprint density at radius 2 is 2.21 bits per heavy atom. The van der Waals surface area contributed by atoms with Crippen LogP contribution < -0.4 is 0 Å². The van der Waals surface area contributed by atoms with E-state index in [9.17, 15) is 9.50 Å². The molecule has 1 rings (SSSR count). The Morgan fingerprint density at radius 1 is 1.50 bits per heavy atom. The molecule has 1 unspecified atom stereocenters. The molecule has 3 heteroatoms. The summed E-state index contributed by atoms with van der Waals surface area (Å²) in [5, 5.41) is 9.72. The predicted octanol–water partition coefficient (Wildman–Crippen LogP) is 2.20. The van der Waals surface area contributed by atoms with Crippen LogP contribution in [0.1, 0.15) is 23.7 Å². The summed E-state index contributed by atoms with van der Waals surface area (Å²) in [4.78, 5) is 0. The molecule has 0 saturated heterocycles. The third-order valence-electron chi connectivity index (χ3n) is 2.19. The number of aliphatic hydroxyl groups excluding tert-OH is 1. The smallest absolute Gasteiger partial charge is 0.123 e. The lowest BCUT2D eigenvalue weighted by molar-refractivity contribution is 0.110. The van der Waals surface area contributed by atoms with Crippen LogP contribution in [-0.2, 0) is 4.74 Å². The van der Waals surface area contributed by atoms with Gasteiger partial charge in [0, 0.05) is 20.1 Å². The summed E-state index contributed by atoms with van der Waals surface area (Å²) >= 11 is 0. The van der Waals surface area contributed by atoms with Gasteiger partial charge in [-0.1, -0.05) is 6.07 Å². The Hall–Kier alpha value is -0.930. The maximum atomic E-state index is 12.8. The molecule has 0 fully saturated rings. The predicted molar refractivity (Wildman–Crippen MR) is 52.6 cm³/mol. The van der Waals surface area contributed by atoms with Crippen LogP contribution in [0.5, 0.6) is 0 Å². The Kier molecular flexibility index (Phi) is 4.04. The SMILES string of the molecule is COCCC(O)c1ccc(F)cc1C. The molecule has 14 heavy (non-hydrogen) atoms. The van der Waals surface area contributed by atoms with Gasteiger partial charge in [-0.3, -0.25) is 0 Å². The molecule has 0 spiro atoms. The second-order valence-electron chi connectivity index (χ2n) is 3.30. The highest BCUT2D eigenvalue weighted by Gasteiger charge is 2.10. The van der Waals surface area contributed by atoms with E-state index in [1.165, 1.54) is 12.1 Å². The average Bonchev–Trinajstić information content (AvgIpc) is 2.14. The fourth-order valence-electron chi connectivity index (χ4n) is 1.40. The number of hydrogen-bond acceptors (Lipinski definition) is 2. The van der Waals surface area contributed by atoms with Crippen LogP contribution in [0, 0.1) is 12.7 Å². The molecule has 1 atom stereocenters. The van der Waals surface area contributed by atoms with Crippen molar-refractivity contribution in [2.45, 2.75) is 19.4 Å². The first-order valence-corrected chi connectivity index (χ1v) is 4.58. The van der Waals surface area contributed by atoms with Gasteiger partial charge in [-0.25, -0.2) is 4.39 Å². The van der Waals surface area contributed by atoms with E-state index in [1.807, 2.05) is 0 Å². The van der Waals surface area contributed by atoms with Crippen molar-refractivity contribution in [3.8, 4) is 0 Å². The second-order valence-corrected chi connectivity index (χ2v) is 3.30. The largest absolute Gasteiger partial charge is 0.388 e. The van der Waals surface area contributed by atoms with Crippen LogP contribution in [0.15, 0.2) is 18.2 Å². The quantitative estimate of drug-likeness (QED) is 0.803. The van der Waals surface area contributed by atoms with Crippen molar-refractivity contribution in [1.82, 2.24) is 0 Å². The molecule has 0 aromatic heterocycles. The van der Waals surface area contributed by atoms with E-state index in [2.05, 4.69) is 0 Å². The van der Waals surface area contributed by atoms with Gasteiger partial charge in [0.25, 0.3) is 0 Å².